The number of nitrogens with zero attached hydrogens (tertiary/aromatic N) is 5. The van der Waals surface area contributed by atoms with Gasteiger partial charge in [0.15, 0.2) is 5.69 Å². The predicted molar refractivity (Wildman–Crippen MR) is 71.6 cm³/mol. The van der Waals surface area contributed by atoms with Gasteiger partial charge in [0.25, 0.3) is 5.95 Å². The van der Waals surface area contributed by atoms with Crippen LogP contribution in [0.4, 0.5) is 5.82 Å². The lowest BCUT2D eigenvalue weighted by molar-refractivity contribution is 0.0596. The Hall–Kier alpha value is -2.51. The molecule has 0 fully saturated rings. The summed E-state index contributed by atoms with van der Waals surface area (Å²) in [6.07, 6.45) is 0.567. The third-order valence-electron chi connectivity index (χ3n) is 2.96. The van der Waals surface area contributed by atoms with Crippen molar-refractivity contribution >= 4 is 11.8 Å². The van der Waals surface area contributed by atoms with Crippen LogP contribution in [0.3, 0.4) is 0 Å². The molecule has 0 amide bonds. The normalized spacial score (nSPS) is 10.6. The molecular formula is C12H16N6O2. The highest BCUT2D eigenvalue weighted by atomic mass is 16.5. The van der Waals surface area contributed by atoms with E-state index in [-0.39, 0.29) is 11.5 Å². The van der Waals surface area contributed by atoms with Crippen molar-refractivity contribution in [2.75, 3.05) is 12.8 Å². The zero-order valence-corrected chi connectivity index (χ0v) is 11.8. The summed E-state index contributed by atoms with van der Waals surface area (Å²) >= 11 is 0. The van der Waals surface area contributed by atoms with E-state index < -0.39 is 5.97 Å². The van der Waals surface area contributed by atoms with Gasteiger partial charge in [0.05, 0.1) is 18.5 Å². The summed E-state index contributed by atoms with van der Waals surface area (Å²) in [6, 6.07) is 0. The number of hydrogen-bond acceptors (Lipinski definition) is 7. The Morgan fingerprint density at radius 3 is 2.50 bits per heavy atom. The Labute approximate surface area is 116 Å². The highest BCUT2D eigenvalue weighted by Crippen LogP contribution is 2.19. The van der Waals surface area contributed by atoms with Crippen molar-refractivity contribution in [3.05, 3.63) is 22.9 Å². The van der Waals surface area contributed by atoms with E-state index in [0.29, 0.717) is 18.2 Å². The molecule has 2 rings (SSSR count). The number of carbonyl (C=O) groups excluding carboxylic acids is 1. The minimum atomic E-state index is -0.590. The Morgan fingerprint density at radius 2 is 1.95 bits per heavy atom. The van der Waals surface area contributed by atoms with Gasteiger partial charge in [0, 0.05) is 6.42 Å². The molecule has 2 N–H and O–H groups in total. The molecule has 2 aromatic rings. The first-order chi connectivity index (χ1) is 9.49. The van der Waals surface area contributed by atoms with Crippen LogP contribution in [0.2, 0.25) is 0 Å². The highest BCUT2D eigenvalue weighted by molar-refractivity contribution is 5.92. The summed E-state index contributed by atoms with van der Waals surface area (Å²) < 4.78 is 6.18. The molecule has 106 valence electrons. The number of rotatable bonds is 3. The lowest BCUT2D eigenvalue weighted by atomic mass is 10.4. The largest absolute Gasteiger partial charge is 0.464 e. The van der Waals surface area contributed by atoms with E-state index in [1.54, 1.807) is 0 Å². The molecule has 0 aliphatic rings. The number of aromatic nitrogens is 5. The molecule has 0 spiro atoms. The van der Waals surface area contributed by atoms with Gasteiger partial charge in [-0.1, -0.05) is 6.92 Å². The van der Waals surface area contributed by atoms with Crippen LogP contribution < -0.4 is 5.73 Å². The number of nitrogens with two attached hydrogens (primary N) is 1. The van der Waals surface area contributed by atoms with Gasteiger partial charge in [0.1, 0.15) is 11.6 Å². The second-order valence-electron chi connectivity index (χ2n) is 4.23. The number of methoxy groups -OCH3 is 1. The second kappa shape index (κ2) is 5.24. The lowest BCUT2D eigenvalue weighted by Gasteiger charge is -2.07. The molecule has 0 bridgehead atoms. The highest BCUT2D eigenvalue weighted by Gasteiger charge is 2.22. The van der Waals surface area contributed by atoms with Gasteiger partial charge >= 0.3 is 5.97 Å². The summed E-state index contributed by atoms with van der Waals surface area (Å²) in [5.74, 6) is 0.435. The molecule has 0 saturated carbocycles. The van der Waals surface area contributed by atoms with E-state index in [2.05, 4.69) is 24.9 Å². The summed E-state index contributed by atoms with van der Waals surface area (Å²) in [5.41, 5.74) is 7.50. The SMILES string of the molecule is CCc1nc(C(=O)OC)c(N)n1-c1nnc(C)c(C)n1. The predicted octanol–water partition coefficient (Wildman–Crippen LogP) is 0.605. The topological polar surface area (TPSA) is 109 Å². The van der Waals surface area contributed by atoms with Gasteiger partial charge in [-0.3, -0.25) is 0 Å². The van der Waals surface area contributed by atoms with Gasteiger partial charge in [-0.25, -0.2) is 19.3 Å². The standard InChI is InChI=1S/C12H16N6O2/c1-5-8-15-9(11(19)20-4)10(13)18(8)12-14-6(2)7(3)16-17-12/h5,13H2,1-4H3. The molecule has 8 heteroatoms. The number of aryl methyl sites for hydroxylation is 3. The number of carbonyl (C=O) groups is 1. The first-order valence-corrected chi connectivity index (χ1v) is 6.13. The summed E-state index contributed by atoms with van der Waals surface area (Å²) in [7, 11) is 1.28. The first-order valence-electron chi connectivity index (χ1n) is 6.13. The van der Waals surface area contributed by atoms with Crippen molar-refractivity contribution < 1.29 is 9.53 Å². The van der Waals surface area contributed by atoms with Crippen LogP contribution in [0.25, 0.3) is 5.95 Å². The quantitative estimate of drug-likeness (QED) is 0.818. The monoisotopic (exact) mass is 276 g/mol. The third kappa shape index (κ3) is 2.20. The number of nitrogen functional groups attached to an aromatic ring is 1. The average Bonchev–Trinajstić information content (AvgIpc) is 2.78. The van der Waals surface area contributed by atoms with Crippen LogP contribution in [-0.2, 0) is 11.2 Å². The minimum absolute atomic E-state index is 0.0613. The van der Waals surface area contributed by atoms with Crippen molar-refractivity contribution in [2.45, 2.75) is 27.2 Å². The maximum Gasteiger partial charge on any atom is 0.360 e. The van der Waals surface area contributed by atoms with Gasteiger partial charge < -0.3 is 10.5 Å². The smallest absolute Gasteiger partial charge is 0.360 e. The first kappa shape index (κ1) is 13.9. The molecular weight excluding hydrogens is 260 g/mol. The Bertz CT molecular complexity index is 664. The van der Waals surface area contributed by atoms with E-state index in [4.69, 9.17) is 5.73 Å². The van der Waals surface area contributed by atoms with Crippen LogP contribution >= 0.6 is 0 Å². The van der Waals surface area contributed by atoms with Crippen LogP contribution in [0.15, 0.2) is 0 Å². The second-order valence-corrected chi connectivity index (χ2v) is 4.23. The summed E-state index contributed by atoms with van der Waals surface area (Å²) in [6.45, 7) is 5.54. The molecule has 0 aromatic carbocycles. The molecule has 20 heavy (non-hydrogen) atoms. The van der Waals surface area contributed by atoms with Crippen molar-refractivity contribution in [3.8, 4) is 5.95 Å². The number of anilines is 1. The molecule has 0 aliphatic carbocycles. The zero-order chi connectivity index (χ0) is 14.9. The Kier molecular flexibility index (Phi) is 3.64. The maximum atomic E-state index is 11.6. The summed E-state index contributed by atoms with van der Waals surface area (Å²) in [4.78, 5) is 20.1. The van der Waals surface area contributed by atoms with Crippen molar-refractivity contribution in [1.82, 2.24) is 24.7 Å². The van der Waals surface area contributed by atoms with Gasteiger partial charge in [-0.2, -0.15) is 5.10 Å². The molecule has 0 unspecified atom stereocenters. The van der Waals surface area contributed by atoms with Crippen molar-refractivity contribution in [3.63, 3.8) is 0 Å². The van der Waals surface area contributed by atoms with E-state index >= 15 is 0 Å². The molecule has 0 atom stereocenters. The van der Waals surface area contributed by atoms with Gasteiger partial charge in [-0.05, 0) is 13.8 Å². The number of hydrogen-bond donors (Lipinski definition) is 1. The molecule has 0 aliphatic heterocycles. The van der Waals surface area contributed by atoms with Gasteiger partial charge in [0.2, 0.25) is 0 Å². The van der Waals surface area contributed by atoms with E-state index in [1.807, 2.05) is 20.8 Å². The third-order valence-corrected chi connectivity index (χ3v) is 2.96. The fourth-order valence-corrected chi connectivity index (χ4v) is 1.73. The van der Waals surface area contributed by atoms with E-state index in [0.717, 1.165) is 11.4 Å². The Morgan fingerprint density at radius 1 is 1.25 bits per heavy atom. The molecule has 2 heterocycles. The van der Waals surface area contributed by atoms with Crippen LogP contribution in [0.1, 0.15) is 34.6 Å². The number of imidazole rings is 1. The molecule has 8 nitrogen and oxygen atoms in total. The Balaban J connectivity index is 2.63. The van der Waals surface area contributed by atoms with Crippen molar-refractivity contribution in [1.29, 1.82) is 0 Å². The van der Waals surface area contributed by atoms with E-state index in [1.165, 1.54) is 11.7 Å². The average molecular weight is 276 g/mol. The van der Waals surface area contributed by atoms with Crippen LogP contribution in [0.5, 0.6) is 0 Å². The maximum absolute atomic E-state index is 11.6. The minimum Gasteiger partial charge on any atom is -0.464 e. The molecule has 2 aromatic heterocycles. The molecule has 0 radical (unpaired) electrons. The van der Waals surface area contributed by atoms with Crippen LogP contribution in [0, 0.1) is 13.8 Å². The van der Waals surface area contributed by atoms with Crippen LogP contribution in [-0.4, -0.2) is 37.8 Å². The van der Waals surface area contributed by atoms with Gasteiger partial charge in [-0.15, -0.1) is 5.10 Å². The fraction of sp³-hybridized carbons (Fsp3) is 0.417. The molecule has 0 saturated heterocycles. The van der Waals surface area contributed by atoms with Crippen molar-refractivity contribution in [2.24, 2.45) is 0 Å². The number of ether oxygens (including phenoxy) is 1. The zero-order valence-electron chi connectivity index (χ0n) is 11.8. The fourth-order valence-electron chi connectivity index (χ4n) is 1.73. The van der Waals surface area contributed by atoms with E-state index in [9.17, 15) is 4.79 Å². The number of esters is 1. The lowest BCUT2D eigenvalue weighted by Crippen LogP contribution is -2.12. The summed E-state index contributed by atoms with van der Waals surface area (Å²) in [5, 5.41) is 8.02.